The van der Waals surface area contributed by atoms with E-state index in [0.717, 1.165) is 6.04 Å². The van der Waals surface area contributed by atoms with Gasteiger partial charge in [-0.1, -0.05) is 92.0 Å². The van der Waals surface area contributed by atoms with Gasteiger partial charge in [0.2, 0.25) is 0 Å². The summed E-state index contributed by atoms with van der Waals surface area (Å²) in [7, 11) is -1.55. The molecule has 1 unspecified atom stereocenters. The molecule has 0 heterocycles. The van der Waals surface area contributed by atoms with Crippen LogP contribution in [0.25, 0.3) is 10.8 Å². The van der Waals surface area contributed by atoms with Gasteiger partial charge in [0.05, 0.1) is 8.07 Å². The minimum atomic E-state index is -1.55. The van der Waals surface area contributed by atoms with Crippen LogP contribution in [0.3, 0.4) is 0 Å². The molecular weight excluding hydrogens is 292 g/mol. The molecule has 0 aliphatic rings. The molecule has 23 heavy (non-hydrogen) atoms. The maximum atomic E-state index is 4.01. The van der Waals surface area contributed by atoms with Gasteiger partial charge in [0, 0.05) is 5.54 Å². The third-order valence-corrected chi connectivity index (χ3v) is 8.27. The van der Waals surface area contributed by atoms with Crippen LogP contribution in [0.1, 0.15) is 16.7 Å². The first kappa shape index (κ1) is 15.8. The third kappa shape index (κ3) is 3.15. The average Bonchev–Trinajstić information content (AvgIpc) is 2.56. The molecule has 0 aliphatic heterocycles. The van der Waals surface area contributed by atoms with Gasteiger partial charge in [-0.25, -0.2) is 0 Å². The fourth-order valence-electron chi connectivity index (χ4n) is 3.69. The monoisotopic (exact) mass is 316 g/mol. The van der Waals surface area contributed by atoms with Crippen LogP contribution < -0.4 is 0 Å². The maximum Gasteiger partial charge on any atom is 0.0641 e. The molecule has 0 fully saturated rings. The molecule has 0 amide bonds. The number of rotatable bonds is 5. The topological polar surface area (TPSA) is 0 Å². The number of fused-ring (bicyclic) bond motifs is 1. The number of benzene rings is 3. The van der Waals surface area contributed by atoms with E-state index in [2.05, 4.69) is 98.5 Å². The Morgan fingerprint density at radius 3 is 2.26 bits per heavy atom. The number of allylic oxidation sites excluding steroid dienone is 1. The van der Waals surface area contributed by atoms with Crippen LogP contribution in [0.2, 0.25) is 19.1 Å². The Hall–Kier alpha value is -2.12. The summed E-state index contributed by atoms with van der Waals surface area (Å²) in [4.78, 5) is 0. The fourth-order valence-corrected chi connectivity index (χ4v) is 6.86. The lowest BCUT2D eigenvalue weighted by Gasteiger charge is -2.33. The van der Waals surface area contributed by atoms with Crippen LogP contribution in [0.15, 0.2) is 85.5 Å². The summed E-state index contributed by atoms with van der Waals surface area (Å²) in [5, 5.41) is 2.71. The van der Waals surface area contributed by atoms with Crippen molar-refractivity contribution in [2.24, 2.45) is 0 Å². The second-order valence-corrected chi connectivity index (χ2v) is 11.9. The van der Waals surface area contributed by atoms with Crippen molar-refractivity contribution in [2.75, 3.05) is 0 Å². The largest absolute Gasteiger partial charge is 0.103 e. The zero-order valence-corrected chi connectivity index (χ0v) is 15.0. The van der Waals surface area contributed by atoms with Crippen molar-refractivity contribution in [3.8, 4) is 0 Å². The van der Waals surface area contributed by atoms with Gasteiger partial charge in [-0.2, -0.15) is 0 Å². The molecule has 1 heteroatoms. The second-order valence-electron chi connectivity index (χ2n) is 6.89. The van der Waals surface area contributed by atoms with Gasteiger partial charge in [-0.3, -0.25) is 0 Å². The van der Waals surface area contributed by atoms with E-state index in [1.165, 1.54) is 21.9 Å². The standard InChI is InChI=1S/C22H24Si/c1-4-17-23(2,3)22(19-12-6-5-7-13-19)21-16-10-14-18-11-8-9-15-20(18)21/h4-16,22H,1,17H2,2-3H3. The molecule has 0 N–H and O–H groups in total. The minimum Gasteiger partial charge on any atom is -0.103 e. The molecule has 3 rings (SSSR count). The first-order valence-electron chi connectivity index (χ1n) is 8.27. The molecule has 3 aromatic rings. The summed E-state index contributed by atoms with van der Waals surface area (Å²) in [5.41, 5.74) is 3.38. The van der Waals surface area contributed by atoms with Gasteiger partial charge in [-0.05, 0) is 27.9 Å². The molecule has 3 aromatic carbocycles. The van der Waals surface area contributed by atoms with Crippen molar-refractivity contribution >= 4 is 18.8 Å². The lowest BCUT2D eigenvalue weighted by molar-refractivity contribution is 1.07. The maximum absolute atomic E-state index is 4.01. The molecule has 0 nitrogen and oxygen atoms in total. The molecule has 0 aliphatic carbocycles. The molecule has 0 spiro atoms. The molecule has 116 valence electrons. The van der Waals surface area contributed by atoms with E-state index < -0.39 is 8.07 Å². The summed E-state index contributed by atoms with van der Waals surface area (Å²) >= 11 is 0. The zero-order valence-electron chi connectivity index (χ0n) is 14.0. The quantitative estimate of drug-likeness (QED) is 0.377. The van der Waals surface area contributed by atoms with Gasteiger partial charge in [0.15, 0.2) is 0 Å². The zero-order chi connectivity index (χ0) is 16.3. The highest BCUT2D eigenvalue weighted by atomic mass is 28.3. The Labute approximate surface area is 140 Å². The highest BCUT2D eigenvalue weighted by Gasteiger charge is 2.33. The normalized spacial score (nSPS) is 13.0. The van der Waals surface area contributed by atoms with Gasteiger partial charge < -0.3 is 0 Å². The Balaban J connectivity index is 2.24. The Kier molecular flexibility index (Phi) is 4.49. The van der Waals surface area contributed by atoms with Crippen LogP contribution >= 0.6 is 0 Å². The van der Waals surface area contributed by atoms with E-state index in [1.807, 2.05) is 0 Å². The van der Waals surface area contributed by atoms with Crippen molar-refractivity contribution in [1.82, 2.24) is 0 Å². The van der Waals surface area contributed by atoms with Gasteiger partial charge in [0.25, 0.3) is 0 Å². The first-order valence-corrected chi connectivity index (χ1v) is 11.6. The predicted octanol–water partition coefficient (Wildman–Crippen LogP) is 6.41. The number of hydrogen-bond donors (Lipinski definition) is 0. The van der Waals surface area contributed by atoms with Crippen LogP contribution in [0, 0.1) is 0 Å². The molecule has 1 atom stereocenters. The van der Waals surface area contributed by atoms with Crippen LogP contribution in [-0.2, 0) is 0 Å². The fraction of sp³-hybridized carbons (Fsp3) is 0.182. The molecule has 0 saturated heterocycles. The second kappa shape index (κ2) is 6.55. The first-order chi connectivity index (χ1) is 11.1. The molecular formula is C22H24Si. The van der Waals surface area contributed by atoms with Gasteiger partial charge in [0.1, 0.15) is 0 Å². The van der Waals surface area contributed by atoms with E-state index in [1.54, 1.807) is 0 Å². The highest BCUT2D eigenvalue weighted by Crippen LogP contribution is 2.39. The van der Waals surface area contributed by atoms with Crippen molar-refractivity contribution in [3.05, 3.63) is 96.6 Å². The lowest BCUT2D eigenvalue weighted by Crippen LogP contribution is -2.35. The summed E-state index contributed by atoms with van der Waals surface area (Å²) in [6.45, 7) is 8.97. The van der Waals surface area contributed by atoms with Gasteiger partial charge in [-0.15, -0.1) is 6.58 Å². The van der Waals surface area contributed by atoms with E-state index in [4.69, 9.17) is 0 Å². The summed E-state index contributed by atoms with van der Waals surface area (Å²) < 4.78 is 0. The molecule has 0 saturated carbocycles. The smallest absolute Gasteiger partial charge is 0.0641 e. The van der Waals surface area contributed by atoms with Crippen molar-refractivity contribution in [1.29, 1.82) is 0 Å². The van der Waals surface area contributed by atoms with E-state index in [9.17, 15) is 0 Å². The van der Waals surface area contributed by atoms with Crippen molar-refractivity contribution in [2.45, 2.75) is 24.7 Å². The average molecular weight is 317 g/mol. The summed E-state index contributed by atoms with van der Waals surface area (Å²) in [6, 6.07) is 27.6. The van der Waals surface area contributed by atoms with E-state index >= 15 is 0 Å². The summed E-state index contributed by atoms with van der Waals surface area (Å²) in [6.07, 6.45) is 2.10. The van der Waals surface area contributed by atoms with Crippen LogP contribution in [0.4, 0.5) is 0 Å². The summed E-state index contributed by atoms with van der Waals surface area (Å²) in [5.74, 6) is 0. The third-order valence-electron chi connectivity index (χ3n) is 4.72. The highest BCUT2D eigenvalue weighted by molar-refractivity contribution is 6.79. The van der Waals surface area contributed by atoms with E-state index in [0.29, 0.717) is 5.54 Å². The van der Waals surface area contributed by atoms with Crippen molar-refractivity contribution < 1.29 is 0 Å². The predicted molar refractivity (Wildman–Crippen MR) is 105 cm³/mol. The van der Waals surface area contributed by atoms with E-state index in [-0.39, 0.29) is 0 Å². The number of hydrogen-bond acceptors (Lipinski definition) is 0. The molecule has 0 bridgehead atoms. The molecule has 0 aromatic heterocycles. The molecule has 0 radical (unpaired) electrons. The van der Waals surface area contributed by atoms with Crippen molar-refractivity contribution in [3.63, 3.8) is 0 Å². The Morgan fingerprint density at radius 2 is 1.52 bits per heavy atom. The lowest BCUT2D eigenvalue weighted by atomic mass is 9.98. The Bertz CT molecular complexity index is 797. The SMILES string of the molecule is C=CC[Si](C)(C)C(c1ccccc1)c1cccc2ccccc12. The van der Waals surface area contributed by atoms with Crippen LogP contribution in [-0.4, -0.2) is 8.07 Å². The minimum absolute atomic E-state index is 0.479. The van der Waals surface area contributed by atoms with Gasteiger partial charge >= 0.3 is 0 Å². The van der Waals surface area contributed by atoms with Crippen LogP contribution in [0.5, 0.6) is 0 Å². The Morgan fingerprint density at radius 1 is 0.870 bits per heavy atom.